The van der Waals surface area contributed by atoms with E-state index in [-0.39, 0.29) is 11.9 Å². The van der Waals surface area contributed by atoms with Crippen LogP contribution in [0, 0.1) is 0 Å². The number of hydrogen-bond acceptors (Lipinski definition) is 2. The third-order valence-corrected chi connectivity index (χ3v) is 3.72. The topological polar surface area (TPSA) is 38.3 Å². The van der Waals surface area contributed by atoms with Gasteiger partial charge in [-0.2, -0.15) is 0 Å². The summed E-state index contributed by atoms with van der Waals surface area (Å²) < 4.78 is 5.47. The van der Waals surface area contributed by atoms with Gasteiger partial charge in [-0.1, -0.05) is 43.3 Å². The van der Waals surface area contributed by atoms with Crippen LogP contribution in [0.3, 0.4) is 0 Å². The van der Waals surface area contributed by atoms with Gasteiger partial charge in [-0.05, 0) is 49.1 Å². The monoisotopic (exact) mass is 311 g/mol. The smallest absolute Gasteiger partial charge is 0.219 e. The lowest BCUT2D eigenvalue weighted by Crippen LogP contribution is -2.33. The summed E-state index contributed by atoms with van der Waals surface area (Å²) in [6.45, 7) is 6.57. The summed E-state index contributed by atoms with van der Waals surface area (Å²) >= 11 is 0. The molecule has 1 unspecified atom stereocenters. The predicted molar refractivity (Wildman–Crippen MR) is 94.6 cm³/mol. The number of benzene rings is 2. The molecule has 0 heterocycles. The van der Waals surface area contributed by atoms with Gasteiger partial charge in [-0.15, -0.1) is 0 Å². The number of ether oxygens (including phenoxy) is 1. The van der Waals surface area contributed by atoms with Gasteiger partial charge < -0.3 is 10.1 Å². The van der Waals surface area contributed by atoms with Crippen LogP contribution in [0.1, 0.15) is 32.8 Å². The first-order chi connectivity index (χ1) is 11.1. The number of hydrogen-bond donors (Lipinski definition) is 1. The molecule has 0 aliphatic rings. The molecule has 0 aliphatic heterocycles. The summed E-state index contributed by atoms with van der Waals surface area (Å²) in [5.41, 5.74) is 3.58. The number of nitrogens with one attached hydrogen (secondary N) is 1. The fourth-order valence-electron chi connectivity index (χ4n) is 2.53. The van der Waals surface area contributed by atoms with Crippen LogP contribution in [0.2, 0.25) is 0 Å². The zero-order valence-electron chi connectivity index (χ0n) is 14.1. The van der Waals surface area contributed by atoms with Crippen molar-refractivity contribution in [2.75, 3.05) is 6.61 Å². The SMILES string of the molecule is CCOc1ccc(-c2ccc(CC(C)NC(=O)CC)cc2)cc1. The van der Waals surface area contributed by atoms with Gasteiger partial charge in [0.25, 0.3) is 0 Å². The highest BCUT2D eigenvalue weighted by atomic mass is 16.5. The van der Waals surface area contributed by atoms with E-state index < -0.39 is 0 Å². The first-order valence-corrected chi connectivity index (χ1v) is 8.24. The lowest BCUT2D eigenvalue weighted by Gasteiger charge is -2.13. The van der Waals surface area contributed by atoms with E-state index in [9.17, 15) is 4.79 Å². The maximum absolute atomic E-state index is 11.4. The molecule has 0 radical (unpaired) electrons. The van der Waals surface area contributed by atoms with Crippen molar-refractivity contribution < 1.29 is 9.53 Å². The molecule has 1 amide bonds. The van der Waals surface area contributed by atoms with E-state index in [1.165, 1.54) is 16.7 Å². The van der Waals surface area contributed by atoms with Crippen molar-refractivity contribution in [2.45, 2.75) is 39.7 Å². The Morgan fingerprint density at radius 1 is 1.00 bits per heavy atom. The van der Waals surface area contributed by atoms with Gasteiger partial charge >= 0.3 is 0 Å². The Labute approximate surface area is 138 Å². The van der Waals surface area contributed by atoms with E-state index in [0.717, 1.165) is 12.2 Å². The van der Waals surface area contributed by atoms with E-state index in [0.29, 0.717) is 13.0 Å². The molecule has 2 aromatic carbocycles. The summed E-state index contributed by atoms with van der Waals surface area (Å²) in [5.74, 6) is 0.997. The Hall–Kier alpha value is -2.29. The first kappa shape index (κ1) is 17.1. The second kappa shape index (κ2) is 8.37. The molecule has 122 valence electrons. The number of amides is 1. The third kappa shape index (κ3) is 5.13. The summed E-state index contributed by atoms with van der Waals surface area (Å²) in [6.07, 6.45) is 1.37. The number of carbonyl (C=O) groups excluding carboxylic acids is 1. The van der Waals surface area contributed by atoms with Crippen molar-refractivity contribution in [2.24, 2.45) is 0 Å². The normalized spacial score (nSPS) is 11.8. The molecule has 23 heavy (non-hydrogen) atoms. The molecule has 3 nitrogen and oxygen atoms in total. The van der Waals surface area contributed by atoms with Crippen LogP contribution in [0.25, 0.3) is 11.1 Å². The zero-order valence-corrected chi connectivity index (χ0v) is 14.1. The summed E-state index contributed by atoms with van der Waals surface area (Å²) in [6, 6.07) is 16.8. The molecular formula is C20H25NO2. The minimum Gasteiger partial charge on any atom is -0.494 e. The largest absolute Gasteiger partial charge is 0.494 e. The van der Waals surface area contributed by atoms with Gasteiger partial charge in [-0.25, -0.2) is 0 Å². The minimum absolute atomic E-state index is 0.100. The van der Waals surface area contributed by atoms with E-state index in [2.05, 4.69) is 41.7 Å². The van der Waals surface area contributed by atoms with E-state index in [1.54, 1.807) is 0 Å². The predicted octanol–water partition coefficient (Wildman–Crippen LogP) is 4.21. The Morgan fingerprint density at radius 3 is 2.09 bits per heavy atom. The molecule has 0 spiro atoms. The minimum atomic E-state index is 0.100. The molecule has 0 aromatic heterocycles. The second-order valence-corrected chi connectivity index (χ2v) is 5.68. The summed E-state index contributed by atoms with van der Waals surface area (Å²) in [4.78, 5) is 11.4. The van der Waals surface area contributed by atoms with E-state index in [4.69, 9.17) is 4.74 Å². The molecule has 3 heteroatoms. The molecule has 0 saturated carbocycles. The highest BCUT2D eigenvalue weighted by Crippen LogP contribution is 2.23. The standard InChI is InChI=1S/C20H25NO2/c1-4-20(22)21-15(3)14-16-6-8-17(9-7-16)18-10-12-19(13-11-18)23-5-2/h6-13,15H,4-5,14H2,1-3H3,(H,21,22). The fourth-order valence-corrected chi connectivity index (χ4v) is 2.53. The molecule has 2 aromatic rings. The third-order valence-electron chi connectivity index (χ3n) is 3.72. The van der Waals surface area contributed by atoms with Crippen LogP contribution in [-0.4, -0.2) is 18.6 Å². The lowest BCUT2D eigenvalue weighted by molar-refractivity contribution is -0.121. The van der Waals surface area contributed by atoms with Crippen molar-refractivity contribution in [3.63, 3.8) is 0 Å². The molecule has 0 bridgehead atoms. The number of rotatable bonds is 7. The molecular weight excluding hydrogens is 286 g/mol. The second-order valence-electron chi connectivity index (χ2n) is 5.68. The molecule has 0 fully saturated rings. The quantitative estimate of drug-likeness (QED) is 0.832. The molecule has 0 aliphatic carbocycles. The average molecular weight is 311 g/mol. The molecule has 2 rings (SSSR count). The highest BCUT2D eigenvalue weighted by Gasteiger charge is 2.07. The fraction of sp³-hybridized carbons (Fsp3) is 0.350. The molecule has 0 saturated heterocycles. The first-order valence-electron chi connectivity index (χ1n) is 8.24. The van der Waals surface area contributed by atoms with Crippen LogP contribution in [0.4, 0.5) is 0 Å². The van der Waals surface area contributed by atoms with Gasteiger partial charge in [0.2, 0.25) is 5.91 Å². The van der Waals surface area contributed by atoms with Crippen molar-refractivity contribution in [3.05, 3.63) is 54.1 Å². The van der Waals surface area contributed by atoms with Crippen LogP contribution < -0.4 is 10.1 Å². The average Bonchev–Trinajstić information content (AvgIpc) is 2.56. The van der Waals surface area contributed by atoms with Crippen LogP contribution in [0.5, 0.6) is 5.75 Å². The van der Waals surface area contributed by atoms with Crippen molar-refractivity contribution >= 4 is 5.91 Å². The van der Waals surface area contributed by atoms with Gasteiger partial charge in [0.1, 0.15) is 5.75 Å². The van der Waals surface area contributed by atoms with Crippen molar-refractivity contribution in [3.8, 4) is 16.9 Å². The van der Waals surface area contributed by atoms with Gasteiger partial charge in [0.05, 0.1) is 6.61 Å². The van der Waals surface area contributed by atoms with Crippen LogP contribution >= 0.6 is 0 Å². The van der Waals surface area contributed by atoms with Gasteiger partial charge in [0.15, 0.2) is 0 Å². The zero-order chi connectivity index (χ0) is 16.7. The Morgan fingerprint density at radius 2 is 1.57 bits per heavy atom. The van der Waals surface area contributed by atoms with Crippen LogP contribution in [-0.2, 0) is 11.2 Å². The molecule has 1 atom stereocenters. The maximum atomic E-state index is 11.4. The van der Waals surface area contributed by atoms with Gasteiger partial charge in [0, 0.05) is 12.5 Å². The molecule has 1 N–H and O–H groups in total. The van der Waals surface area contributed by atoms with E-state index in [1.807, 2.05) is 32.9 Å². The Bertz CT molecular complexity index is 617. The maximum Gasteiger partial charge on any atom is 0.219 e. The van der Waals surface area contributed by atoms with Gasteiger partial charge in [-0.3, -0.25) is 4.79 Å². The van der Waals surface area contributed by atoms with E-state index >= 15 is 0 Å². The Kier molecular flexibility index (Phi) is 6.21. The van der Waals surface area contributed by atoms with Crippen LogP contribution in [0.15, 0.2) is 48.5 Å². The van der Waals surface area contributed by atoms with Crippen molar-refractivity contribution in [1.29, 1.82) is 0 Å². The number of carbonyl (C=O) groups is 1. The lowest BCUT2D eigenvalue weighted by atomic mass is 10.0. The summed E-state index contributed by atoms with van der Waals surface area (Å²) in [5, 5.41) is 2.99. The van der Waals surface area contributed by atoms with Crippen molar-refractivity contribution in [1.82, 2.24) is 5.32 Å². The summed E-state index contributed by atoms with van der Waals surface area (Å²) in [7, 11) is 0. The Balaban J connectivity index is 2.00. The highest BCUT2D eigenvalue weighted by molar-refractivity contribution is 5.75.